The molecule has 0 atom stereocenters. The Labute approximate surface area is 114 Å². The molecular weight excluding hydrogens is 230 g/mol. The van der Waals surface area contributed by atoms with Gasteiger partial charge in [-0.25, -0.2) is 0 Å². The molecule has 0 saturated heterocycles. The minimum Gasteiger partial charge on any atom is -0.355 e. The second kappa shape index (κ2) is 4.93. The summed E-state index contributed by atoms with van der Waals surface area (Å²) in [5.74, 6) is 0.396. The van der Waals surface area contributed by atoms with Crippen molar-refractivity contribution >= 4 is 16.5 Å². The van der Waals surface area contributed by atoms with Crippen LogP contribution in [0.5, 0.6) is 0 Å². The summed E-state index contributed by atoms with van der Waals surface area (Å²) in [5.41, 5.74) is 5.33. The van der Waals surface area contributed by atoms with Gasteiger partial charge in [-0.1, -0.05) is 55.5 Å². The van der Waals surface area contributed by atoms with Crippen LogP contribution in [0.15, 0.2) is 54.6 Å². The molecule has 1 nitrogen and oxygen atoms in total. The number of para-hydroxylation sites is 1. The fourth-order valence-corrected chi connectivity index (χ4v) is 2.91. The zero-order valence-corrected chi connectivity index (χ0v) is 11.5. The third kappa shape index (κ3) is 1.95. The topological polar surface area (TPSA) is 15.8 Å². The summed E-state index contributed by atoms with van der Waals surface area (Å²) in [6, 6.07) is 8.59. The minimum absolute atomic E-state index is 0.396. The van der Waals surface area contributed by atoms with E-state index in [1.54, 1.807) is 0 Å². The first-order valence-corrected chi connectivity index (χ1v) is 6.96. The van der Waals surface area contributed by atoms with Crippen molar-refractivity contribution in [3.05, 3.63) is 65.9 Å². The largest absolute Gasteiger partial charge is 0.355 e. The lowest BCUT2D eigenvalue weighted by molar-refractivity contribution is 1.09. The van der Waals surface area contributed by atoms with E-state index in [4.69, 9.17) is 0 Å². The SMILES string of the molecule is CC=C(CC)c1[nH]c2ccccc2c1C1C=CC=C1. The van der Waals surface area contributed by atoms with Crippen molar-refractivity contribution in [1.82, 2.24) is 4.98 Å². The summed E-state index contributed by atoms with van der Waals surface area (Å²) in [4.78, 5) is 3.61. The highest BCUT2D eigenvalue weighted by Gasteiger charge is 2.19. The van der Waals surface area contributed by atoms with Gasteiger partial charge in [-0.2, -0.15) is 0 Å². The highest BCUT2D eigenvalue weighted by atomic mass is 14.7. The Bertz CT molecular complexity index is 671. The molecule has 2 aromatic rings. The number of fused-ring (bicyclic) bond motifs is 1. The Kier molecular flexibility index (Phi) is 3.12. The molecule has 1 N–H and O–H groups in total. The number of benzene rings is 1. The summed E-state index contributed by atoms with van der Waals surface area (Å²) in [6.45, 7) is 4.33. The molecule has 0 radical (unpaired) electrons. The second-order valence-electron chi connectivity index (χ2n) is 4.92. The van der Waals surface area contributed by atoms with Crippen molar-refractivity contribution in [2.75, 3.05) is 0 Å². The molecule has 1 aliphatic carbocycles. The van der Waals surface area contributed by atoms with Crippen LogP contribution in [0.3, 0.4) is 0 Å². The van der Waals surface area contributed by atoms with Gasteiger partial charge in [0, 0.05) is 22.5 Å². The number of aromatic amines is 1. The molecule has 0 spiro atoms. The van der Waals surface area contributed by atoms with Gasteiger partial charge in [-0.3, -0.25) is 0 Å². The molecule has 1 aromatic carbocycles. The molecule has 96 valence electrons. The van der Waals surface area contributed by atoms with Crippen LogP contribution < -0.4 is 0 Å². The summed E-state index contributed by atoms with van der Waals surface area (Å²) in [7, 11) is 0. The summed E-state index contributed by atoms with van der Waals surface area (Å²) >= 11 is 0. The van der Waals surface area contributed by atoms with Gasteiger partial charge in [0.2, 0.25) is 0 Å². The highest BCUT2D eigenvalue weighted by Crippen LogP contribution is 2.36. The van der Waals surface area contributed by atoms with Gasteiger partial charge in [0.25, 0.3) is 0 Å². The van der Waals surface area contributed by atoms with E-state index in [1.165, 1.54) is 27.7 Å². The van der Waals surface area contributed by atoms with Crippen molar-refractivity contribution in [3.8, 4) is 0 Å². The first-order chi connectivity index (χ1) is 9.35. The van der Waals surface area contributed by atoms with E-state index < -0.39 is 0 Å². The minimum atomic E-state index is 0.396. The van der Waals surface area contributed by atoms with E-state index in [1.807, 2.05) is 0 Å². The number of nitrogens with one attached hydrogen (secondary N) is 1. The average Bonchev–Trinajstić information content (AvgIpc) is 3.06. The predicted octanol–water partition coefficient (Wildman–Crippen LogP) is 5.19. The van der Waals surface area contributed by atoms with E-state index >= 15 is 0 Å². The molecule has 1 heteroatoms. The van der Waals surface area contributed by atoms with Gasteiger partial charge >= 0.3 is 0 Å². The molecule has 0 aliphatic heterocycles. The zero-order chi connectivity index (χ0) is 13.2. The van der Waals surface area contributed by atoms with Crippen LogP contribution in [0, 0.1) is 0 Å². The molecule has 1 aliphatic rings. The molecule has 1 aromatic heterocycles. The summed E-state index contributed by atoms with van der Waals surface area (Å²) < 4.78 is 0. The van der Waals surface area contributed by atoms with Crippen molar-refractivity contribution in [3.63, 3.8) is 0 Å². The van der Waals surface area contributed by atoms with E-state index in [0.717, 1.165) is 6.42 Å². The van der Waals surface area contributed by atoms with Crippen molar-refractivity contribution in [1.29, 1.82) is 0 Å². The van der Waals surface area contributed by atoms with E-state index in [2.05, 4.69) is 73.5 Å². The van der Waals surface area contributed by atoms with Crippen LogP contribution in [0.2, 0.25) is 0 Å². The maximum Gasteiger partial charge on any atom is 0.0462 e. The fraction of sp³-hybridized carbons (Fsp3) is 0.222. The van der Waals surface area contributed by atoms with Crippen LogP contribution in [-0.4, -0.2) is 4.98 Å². The third-order valence-electron chi connectivity index (χ3n) is 3.88. The Balaban J connectivity index is 2.28. The first-order valence-electron chi connectivity index (χ1n) is 6.96. The number of rotatable bonds is 3. The lowest BCUT2D eigenvalue weighted by Gasteiger charge is -2.10. The van der Waals surface area contributed by atoms with Gasteiger partial charge in [0.15, 0.2) is 0 Å². The monoisotopic (exact) mass is 249 g/mol. The van der Waals surface area contributed by atoms with Crippen LogP contribution >= 0.6 is 0 Å². The Morgan fingerprint density at radius 2 is 1.95 bits per heavy atom. The van der Waals surface area contributed by atoms with Gasteiger partial charge in [0.1, 0.15) is 0 Å². The lowest BCUT2D eigenvalue weighted by atomic mass is 9.93. The molecule has 0 unspecified atom stereocenters. The summed E-state index contributed by atoms with van der Waals surface area (Å²) in [5, 5.41) is 1.34. The van der Waals surface area contributed by atoms with Crippen molar-refractivity contribution in [2.45, 2.75) is 26.2 Å². The number of hydrogen-bond acceptors (Lipinski definition) is 0. The normalized spacial score (nSPS) is 15.8. The zero-order valence-electron chi connectivity index (χ0n) is 11.5. The molecule has 0 saturated carbocycles. The standard InChI is InChI=1S/C18H19N/c1-3-13(4-2)18-17(14-9-5-6-10-14)15-11-7-8-12-16(15)19-18/h3,5-12,14,19H,4H2,1-2H3. The smallest absolute Gasteiger partial charge is 0.0462 e. The van der Waals surface area contributed by atoms with Crippen LogP contribution in [-0.2, 0) is 0 Å². The lowest BCUT2D eigenvalue weighted by Crippen LogP contribution is -1.94. The molecule has 0 amide bonds. The van der Waals surface area contributed by atoms with Crippen LogP contribution in [0.25, 0.3) is 16.5 Å². The number of H-pyrrole nitrogens is 1. The maximum absolute atomic E-state index is 3.61. The average molecular weight is 249 g/mol. The molecule has 0 bridgehead atoms. The van der Waals surface area contributed by atoms with Crippen molar-refractivity contribution < 1.29 is 0 Å². The maximum atomic E-state index is 3.61. The van der Waals surface area contributed by atoms with Gasteiger partial charge in [0.05, 0.1) is 0 Å². The Morgan fingerprint density at radius 3 is 2.63 bits per heavy atom. The van der Waals surface area contributed by atoms with Gasteiger partial charge < -0.3 is 4.98 Å². The molecule has 0 fully saturated rings. The summed E-state index contributed by atoms with van der Waals surface area (Å²) in [6.07, 6.45) is 12.1. The molecule has 19 heavy (non-hydrogen) atoms. The third-order valence-corrected chi connectivity index (χ3v) is 3.88. The fourth-order valence-electron chi connectivity index (χ4n) is 2.91. The van der Waals surface area contributed by atoms with Gasteiger partial charge in [-0.15, -0.1) is 0 Å². The molecular formula is C18H19N. The number of aromatic nitrogens is 1. The van der Waals surface area contributed by atoms with E-state index in [-0.39, 0.29) is 0 Å². The van der Waals surface area contributed by atoms with E-state index in [9.17, 15) is 0 Å². The van der Waals surface area contributed by atoms with Crippen molar-refractivity contribution in [2.24, 2.45) is 0 Å². The predicted molar refractivity (Wildman–Crippen MR) is 83.3 cm³/mol. The number of hydrogen-bond donors (Lipinski definition) is 1. The second-order valence-corrected chi connectivity index (χ2v) is 4.92. The molecule has 1 heterocycles. The number of allylic oxidation sites excluding steroid dienone is 6. The molecule has 3 rings (SSSR count). The quantitative estimate of drug-likeness (QED) is 0.770. The van der Waals surface area contributed by atoms with Crippen LogP contribution in [0.1, 0.15) is 37.4 Å². The van der Waals surface area contributed by atoms with Crippen LogP contribution in [0.4, 0.5) is 0 Å². The Morgan fingerprint density at radius 1 is 1.21 bits per heavy atom. The highest BCUT2D eigenvalue weighted by molar-refractivity contribution is 5.90. The Hall–Kier alpha value is -2.02. The van der Waals surface area contributed by atoms with Gasteiger partial charge in [-0.05, 0) is 30.5 Å². The van der Waals surface area contributed by atoms with E-state index in [0.29, 0.717) is 5.92 Å². The first kappa shape index (κ1) is 12.0.